The summed E-state index contributed by atoms with van der Waals surface area (Å²) >= 11 is 0. The van der Waals surface area contributed by atoms with Gasteiger partial charge in [-0.1, -0.05) is 106 Å². The number of hydrogen-bond donors (Lipinski definition) is 1. The van der Waals surface area contributed by atoms with Crippen molar-refractivity contribution in [2.24, 2.45) is 56.7 Å². The van der Waals surface area contributed by atoms with Gasteiger partial charge in [0.1, 0.15) is 0 Å². The van der Waals surface area contributed by atoms with Crippen LogP contribution in [0, 0.1) is 56.7 Å². The third kappa shape index (κ3) is 5.20. The summed E-state index contributed by atoms with van der Waals surface area (Å²) in [5, 5.41) is 3.58. The molecule has 2 heteroatoms. The molecule has 0 amide bonds. The van der Waals surface area contributed by atoms with Crippen molar-refractivity contribution >= 4 is 0 Å². The van der Waals surface area contributed by atoms with Crippen molar-refractivity contribution in [3.8, 4) is 0 Å². The average molecular weight is 594 g/mol. The fraction of sp³-hybridized carbons (Fsp3) is 0.854. The molecule has 0 aromatic heterocycles. The van der Waals surface area contributed by atoms with Crippen molar-refractivity contribution in [3.05, 3.63) is 35.5 Å². The van der Waals surface area contributed by atoms with E-state index in [1.54, 1.807) is 5.57 Å². The topological polar surface area (TPSA) is 21.3 Å². The van der Waals surface area contributed by atoms with Crippen molar-refractivity contribution in [2.45, 2.75) is 153 Å². The molecule has 4 unspecified atom stereocenters. The van der Waals surface area contributed by atoms with Gasteiger partial charge in [-0.3, -0.25) is 0 Å². The van der Waals surface area contributed by atoms with E-state index < -0.39 is 0 Å². The fourth-order valence-corrected chi connectivity index (χ4v) is 11.4. The molecule has 3 fully saturated rings. The lowest BCUT2D eigenvalue weighted by Gasteiger charge is -2.69. The molecule has 246 valence electrons. The molecular formula is C41H71NO. The highest BCUT2D eigenvalue weighted by Crippen LogP contribution is 2.74. The van der Waals surface area contributed by atoms with E-state index in [0.717, 1.165) is 24.4 Å². The summed E-state index contributed by atoms with van der Waals surface area (Å²) in [6.07, 6.45) is 21.4. The van der Waals surface area contributed by atoms with Gasteiger partial charge < -0.3 is 10.1 Å². The number of allylic oxidation sites excluding steroid dienone is 5. The zero-order chi connectivity index (χ0) is 32.2. The number of likely N-dealkylation sites (N-methyl/N-ethyl adjacent to an activating group) is 1. The van der Waals surface area contributed by atoms with Crippen LogP contribution in [0.4, 0.5) is 0 Å². The standard InChI is InChI=1S/C39H65NO.C2H6/c1-13-29-23-35(9,33(29)41-25-37(11,40-12)27(4)5)32-16-15-31-30(34(32,7)8)17-20-39-19-14-18-38(24-39,28(6)26(2)3)22-21-36(31,39)10;1-2/h13-14,17,19,26-28,31-33,40H,15-16,18,20-25H2,1-12H3;1-2H3/b29-13-;/t28-,31?,32?,33?,35+,36?,37+,38+,39+;/m1./s1. The quantitative estimate of drug-likeness (QED) is 0.283. The molecule has 0 saturated heterocycles. The Kier molecular flexibility index (Phi) is 9.82. The van der Waals surface area contributed by atoms with Gasteiger partial charge in [0, 0.05) is 11.0 Å². The molecule has 2 nitrogen and oxygen atoms in total. The zero-order valence-corrected chi connectivity index (χ0v) is 31.0. The first-order valence-electron chi connectivity index (χ1n) is 18.4. The molecule has 0 aromatic carbocycles. The second-order valence-electron chi connectivity index (χ2n) is 17.6. The first-order chi connectivity index (χ1) is 20.1. The van der Waals surface area contributed by atoms with Crippen LogP contribution in [-0.4, -0.2) is 25.3 Å². The molecule has 3 saturated carbocycles. The van der Waals surface area contributed by atoms with Gasteiger partial charge in [0.05, 0.1) is 12.7 Å². The average Bonchev–Trinajstić information content (AvgIpc) is 2.96. The van der Waals surface area contributed by atoms with Gasteiger partial charge in [0.15, 0.2) is 0 Å². The molecule has 1 N–H and O–H groups in total. The highest BCUT2D eigenvalue weighted by atomic mass is 16.5. The van der Waals surface area contributed by atoms with Gasteiger partial charge in [-0.15, -0.1) is 0 Å². The van der Waals surface area contributed by atoms with E-state index in [0.29, 0.717) is 28.1 Å². The highest BCUT2D eigenvalue weighted by Gasteiger charge is 2.66. The molecule has 5 rings (SSSR count). The van der Waals surface area contributed by atoms with Crippen LogP contribution in [0.3, 0.4) is 0 Å². The molecule has 9 atom stereocenters. The number of hydrogen-bond acceptors (Lipinski definition) is 2. The number of rotatable bonds is 8. The lowest BCUT2D eigenvalue weighted by Crippen LogP contribution is -2.62. The Labute approximate surface area is 268 Å². The van der Waals surface area contributed by atoms with Crippen LogP contribution in [0.2, 0.25) is 0 Å². The molecule has 0 heterocycles. The second kappa shape index (κ2) is 12.1. The smallest absolute Gasteiger partial charge is 0.0845 e. The summed E-state index contributed by atoms with van der Waals surface area (Å²) < 4.78 is 6.95. The maximum atomic E-state index is 6.95. The number of nitrogens with one attached hydrogen (secondary N) is 1. The van der Waals surface area contributed by atoms with E-state index in [1.807, 2.05) is 13.8 Å². The minimum absolute atomic E-state index is 0.00583. The summed E-state index contributed by atoms with van der Waals surface area (Å²) in [7, 11) is 2.09. The molecule has 1 spiro atoms. The Morgan fingerprint density at radius 1 is 1.02 bits per heavy atom. The summed E-state index contributed by atoms with van der Waals surface area (Å²) in [4.78, 5) is 0. The van der Waals surface area contributed by atoms with Crippen LogP contribution in [0.1, 0.15) is 141 Å². The Bertz CT molecular complexity index is 1090. The highest BCUT2D eigenvalue weighted by molar-refractivity contribution is 5.37. The SMILES string of the molecule is C/C=C1/C[C@@](C)(C2CCC3C(=CC[C@]45C=CC[C@]([C@H](C)C(C)C)(CCC34C)C5)C2(C)C)C1OC[C@](C)(NC)C(C)C.CC. The van der Waals surface area contributed by atoms with Gasteiger partial charge in [-0.25, -0.2) is 0 Å². The molecule has 0 aliphatic heterocycles. The van der Waals surface area contributed by atoms with Gasteiger partial charge >= 0.3 is 0 Å². The predicted octanol–water partition coefficient (Wildman–Crippen LogP) is 11.2. The third-order valence-corrected chi connectivity index (χ3v) is 15.1. The molecule has 5 aliphatic carbocycles. The first-order valence-corrected chi connectivity index (χ1v) is 18.4. The number of ether oxygens (including phenoxy) is 1. The van der Waals surface area contributed by atoms with Crippen LogP contribution in [0.5, 0.6) is 0 Å². The minimum Gasteiger partial charge on any atom is -0.371 e. The van der Waals surface area contributed by atoms with Crippen LogP contribution < -0.4 is 5.32 Å². The molecule has 43 heavy (non-hydrogen) atoms. The summed E-state index contributed by atoms with van der Waals surface area (Å²) in [6, 6.07) is 0. The maximum absolute atomic E-state index is 6.95. The summed E-state index contributed by atoms with van der Waals surface area (Å²) in [6.45, 7) is 31.9. The molecular weight excluding hydrogens is 522 g/mol. The molecule has 0 aromatic rings. The predicted molar refractivity (Wildman–Crippen MR) is 187 cm³/mol. The zero-order valence-electron chi connectivity index (χ0n) is 31.0. The molecule has 0 radical (unpaired) electrons. The van der Waals surface area contributed by atoms with Crippen molar-refractivity contribution in [1.82, 2.24) is 5.32 Å². The van der Waals surface area contributed by atoms with Gasteiger partial charge in [0.25, 0.3) is 0 Å². The Hall–Kier alpha value is -0.860. The van der Waals surface area contributed by atoms with Crippen LogP contribution in [0.25, 0.3) is 0 Å². The lowest BCUT2D eigenvalue weighted by molar-refractivity contribution is -0.149. The largest absolute Gasteiger partial charge is 0.371 e. The van der Waals surface area contributed by atoms with Gasteiger partial charge in [-0.2, -0.15) is 0 Å². The Balaban J connectivity index is 0.00000207. The lowest BCUT2D eigenvalue weighted by atomic mass is 9.36. The monoisotopic (exact) mass is 594 g/mol. The summed E-state index contributed by atoms with van der Waals surface area (Å²) in [5.74, 6) is 3.44. The molecule has 2 bridgehead atoms. The third-order valence-electron chi connectivity index (χ3n) is 15.1. The van der Waals surface area contributed by atoms with E-state index in [9.17, 15) is 0 Å². The van der Waals surface area contributed by atoms with E-state index in [2.05, 4.69) is 113 Å². The molecule has 5 aliphatic rings. The summed E-state index contributed by atoms with van der Waals surface area (Å²) in [5.41, 5.74) is 4.95. The Morgan fingerprint density at radius 3 is 2.28 bits per heavy atom. The van der Waals surface area contributed by atoms with Gasteiger partial charge in [0.2, 0.25) is 0 Å². The van der Waals surface area contributed by atoms with Crippen LogP contribution >= 0.6 is 0 Å². The second-order valence-corrected chi connectivity index (χ2v) is 17.6. The van der Waals surface area contributed by atoms with E-state index >= 15 is 0 Å². The maximum Gasteiger partial charge on any atom is 0.0845 e. The van der Waals surface area contributed by atoms with Crippen LogP contribution in [0.15, 0.2) is 35.5 Å². The first kappa shape index (κ1) is 35.0. The van der Waals surface area contributed by atoms with Crippen molar-refractivity contribution in [2.75, 3.05) is 13.7 Å². The van der Waals surface area contributed by atoms with Gasteiger partial charge in [-0.05, 0) is 129 Å². The van der Waals surface area contributed by atoms with E-state index in [1.165, 1.54) is 56.9 Å². The van der Waals surface area contributed by atoms with Crippen molar-refractivity contribution in [1.29, 1.82) is 0 Å². The van der Waals surface area contributed by atoms with E-state index in [4.69, 9.17) is 4.74 Å². The number of fused-ring (bicyclic) bond motifs is 3. The van der Waals surface area contributed by atoms with E-state index in [-0.39, 0.29) is 22.5 Å². The van der Waals surface area contributed by atoms with Crippen molar-refractivity contribution < 1.29 is 4.74 Å². The normalized spacial score (nSPS) is 42.7. The minimum atomic E-state index is -0.00583. The van der Waals surface area contributed by atoms with Crippen molar-refractivity contribution in [3.63, 3.8) is 0 Å². The fourth-order valence-electron chi connectivity index (χ4n) is 11.4. The van der Waals surface area contributed by atoms with Crippen LogP contribution in [-0.2, 0) is 4.74 Å². The Morgan fingerprint density at radius 2 is 1.70 bits per heavy atom.